The zero-order valence-corrected chi connectivity index (χ0v) is 16.2. The van der Waals surface area contributed by atoms with E-state index >= 15 is 0 Å². The zero-order valence-electron chi connectivity index (χ0n) is 16.2. The lowest BCUT2D eigenvalue weighted by Gasteiger charge is -2.31. The molecule has 2 aromatic carbocycles. The number of carbonyl (C=O) groups excluding carboxylic acids is 2. The minimum Gasteiger partial charge on any atom is -0.494 e. The van der Waals surface area contributed by atoms with E-state index in [9.17, 15) is 18.4 Å². The molecule has 1 aliphatic heterocycles. The molecule has 29 heavy (non-hydrogen) atoms. The Hall–Kier alpha value is -2.96. The van der Waals surface area contributed by atoms with Gasteiger partial charge in [0.2, 0.25) is 0 Å². The Balaban J connectivity index is 1.52. The third kappa shape index (κ3) is 5.31. The number of ether oxygens (including phenoxy) is 2. The maximum absolute atomic E-state index is 13.8. The lowest BCUT2D eigenvalue weighted by atomic mass is 9.96. The lowest BCUT2D eigenvalue weighted by Crippen LogP contribution is -2.41. The van der Waals surface area contributed by atoms with Gasteiger partial charge in [-0.3, -0.25) is 9.59 Å². The van der Waals surface area contributed by atoms with Crippen LogP contribution in [0.5, 0.6) is 11.5 Å². The van der Waals surface area contributed by atoms with Gasteiger partial charge in [0.25, 0.3) is 5.91 Å². The summed E-state index contributed by atoms with van der Waals surface area (Å²) in [5, 5.41) is 0. The SMILES string of the molecule is CCCOc1ccc(OC(=O)C2CCN(C(=O)c3ccc(F)cc3F)CC2)cc1. The first kappa shape index (κ1) is 20.8. The van der Waals surface area contributed by atoms with Gasteiger partial charge in [-0.2, -0.15) is 0 Å². The van der Waals surface area contributed by atoms with E-state index in [0.717, 1.165) is 18.6 Å². The van der Waals surface area contributed by atoms with Gasteiger partial charge in [0.15, 0.2) is 0 Å². The molecule has 2 aromatic rings. The predicted octanol–water partition coefficient (Wildman–Crippen LogP) is 4.21. The van der Waals surface area contributed by atoms with Crippen molar-refractivity contribution in [2.24, 2.45) is 5.92 Å². The summed E-state index contributed by atoms with van der Waals surface area (Å²) < 4.78 is 37.8. The van der Waals surface area contributed by atoms with Gasteiger partial charge >= 0.3 is 5.97 Å². The molecule has 1 saturated heterocycles. The number of rotatable bonds is 6. The molecule has 0 aliphatic carbocycles. The summed E-state index contributed by atoms with van der Waals surface area (Å²) in [6.45, 7) is 3.25. The van der Waals surface area contributed by atoms with Crippen LogP contribution in [-0.2, 0) is 4.79 Å². The first-order chi connectivity index (χ1) is 14.0. The van der Waals surface area contributed by atoms with Crippen molar-refractivity contribution < 1.29 is 27.8 Å². The van der Waals surface area contributed by atoms with Gasteiger partial charge in [0.1, 0.15) is 23.1 Å². The number of hydrogen-bond donors (Lipinski definition) is 0. The molecular weight excluding hydrogens is 380 g/mol. The summed E-state index contributed by atoms with van der Waals surface area (Å²) in [5.74, 6) is -1.66. The highest BCUT2D eigenvalue weighted by atomic mass is 19.1. The van der Waals surface area contributed by atoms with Crippen LogP contribution in [0.2, 0.25) is 0 Å². The Kier molecular flexibility index (Phi) is 6.80. The molecule has 0 spiro atoms. The van der Waals surface area contributed by atoms with Crippen molar-refractivity contribution in [3.05, 3.63) is 59.7 Å². The third-order valence-electron chi connectivity index (χ3n) is 4.79. The van der Waals surface area contributed by atoms with Crippen molar-refractivity contribution >= 4 is 11.9 Å². The Bertz CT molecular complexity index is 862. The highest BCUT2D eigenvalue weighted by Gasteiger charge is 2.30. The summed E-state index contributed by atoms with van der Waals surface area (Å²) in [5.41, 5.74) is -0.169. The van der Waals surface area contributed by atoms with Gasteiger partial charge in [-0.1, -0.05) is 6.92 Å². The van der Waals surface area contributed by atoms with Gasteiger partial charge in [-0.25, -0.2) is 8.78 Å². The molecule has 0 aromatic heterocycles. The lowest BCUT2D eigenvalue weighted by molar-refractivity contribution is -0.140. The van der Waals surface area contributed by atoms with Crippen molar-refractivity contribution in [1.82, 2.24) is 4.90 Å². The van der Waals surface area contributed by atoms with E-state index in [4.69, 9.17) is 9.47 Å². The molecule has 0 N–H and O–H groups in total. The average Bonchev–Trinajstić information content (AvgIpc) is 2.73. The fourth-order valence-corrected chi connectivity index (χ4v) is 3.17. The molecule has 0 atom stereocenters. The Morgan fingerprint density at radius 3 is 2.31 bits per heavy atom. The number of hydrogen-bond acceptors (Lipinski definition) is 4. The second-order valence-corrected chi connectivity index (χ2v) is 6.93. The summed E-state index contributed by atoms with van der Waals surface area (Å²) in [4.78, 5) is 26.3. The van der Waals surface area contributed by atoms with E-state index in [-0.39, 0.29) is 17.5 Å². The maximum atomic E-state index is 13.8. The quantitative estimate of drug-likeness (QED) is 0.536. The standard InChI is InChI=1S/C22H23F2NO4/c1-2-13-28-17-4-6-18(7-5-17)29-22(27)15-9-11-25(12-10-15)21(26)19-8-3-16(23)14-20(19)24/h3-8,14-15H,2,9-13H2,1H3. The highest BCUT2D eigenvalue weighted by molar-refractivity contribution is 5.94. The maximum Gasteiger partial charge on any atom is 0.314 e. The molecule has 1 amide bonds. The molecule has 1 heterocycles. The van der Waals surface area contributed by atoms with Crippen LogP contribution in [0.25, 0.3) is 0 Å². The first-order valence-corrected chi connectivity index (χ1v) is 9.67. The second-order valence-electron chi connectivity index (χ2n) is 6.93. The fourth-order valence-electron chi connectivity index (χ4n) is 3.17. The van der Waals surface area contributed by atoms with Crippen molar-refractivity contribution in [2.45, 2.75) is 26.2 Å². The molecule has 1 aliphatic rings. The fraction of sp³-hybridized carbons (Fsp3) is 0.364. The molecule has 7 heteroatoms. The highest BCUT2D eigenvalue weighted by Crippen LogP contribution is 2.24. The van der Waals surface area contributed by atoms with Crippen LogP contribution >= 0.6 is 0 Å². The molecule has 3 rings (SSSR count). The second kappa shape index (κ2) is 9.49. The Labute approximate surface area is 168 Å². The number of amides is 1. The normalized spacial score (nSPS) is 14.5. The summed E-state index contributed by atoms with van der Waals surface area (Å²) >= 11 is 0. The molecule has 0 radical (unpaired) electrons. The zero-order chi connectivity index (χ0) is 20.8. The van der Waals surface area contributed by atoms with Crippen LogP contribution in [-0.4, -0.2) is 36.5 Å². The van der Waals surface area contributed by atoms with E-state index < -0.39 is 17.5 Å². The number of benzene rings is 2. The smallest absolute Gasteiger partial charge is 0.314 e. The van der Waals surface area contributed by atoms with E-state index in [0.29, 0.717) is 50.1 Å². The average molecular weight is 403 g/mol. The van der Waals surface area contributed by atoms with Gasteiger partial charge < -0.3 is 14.4 Å². The van der Waals surface area contributed by atoms with Crippen LogP contribution in [0.15, 0.2) is 42.5 Å². The number of piperidine rings is 1. The summed E-state index contributed by atoms with van der Waals surface area (Å²) in [7, 11) is 0. The van der Waals surface area contributed by atoms with E-state index in [1.165, 1.54) is 4.90 Å². The Morgan fingerprint density at radius 2 is 1.69 bits per heavy atom. The number of likely N-dealkylation sites (tertiary alicyclic amines) is 1. The largest absolute Gasteiger partial charge is 0.494 e. The van der Waals surface area contributed by atoms with E-state index in [1.54, 1.807) is 24.3 Å². The summed E-state index contributed by atoms with van der Waals surface area (Å²) in [6.07, 6.45) is 1.75. The molecule has 5 nitrogen and oxygen atoms in total. The van der Waals surface area contributed by atoms with E-state index in [1.807, 2.05) is 6.92 Å². The van der Waals surface area contributed by atoms with Crippen molar-refractivity contribution in [1.29, 1.82) is 0 Å². The van der Waals surface area contributed by atoms with Crippen LogP contribution in [0.4, 0.5) is 8.78 Å². The molecule has 1 fully saturated rings. The van der Waals surface area contributed by atoms with Gasteiger partial charge in [0.05, 0.1) is 18.1 Å². The Morgan fingerprint density at radius 1 is 1.03 bits per heavy atom. The summed E-state index contributed by atoms with van der Waals surface area (Å²) in [6, 6.07) is 9.74. The van der Waals surface area contributed by atoms with Crippen molar-refractivity contribution in [3.63, 3.8) is 0 Å². The molecular formula is C22H23F2NO4. The van der Waals surface area contributed by atoms with E-state index in [2.05, 4.69) is 0 Å². The third-order valence-corrected chi connectivity index (χ3v) is 4.79. The minimum atomic E-state index is -0.886. The number of carbonyl (C=O) groups is 2. The van der Waals surface area contributed by atoms with Crippen LogP contribution in [0, 0.1) is 17.6 Å². The van der Waals surface area contributed by atoms with Crippen LogP contribution in [0.1, 0.15) is 36.5 Å². The molecule has 0 saturated carbocycles. The first-order valence-electron chi connectivity index (χ1n) is 9.67. The van der Waals surface area contributed by atoms with Gasteiger partial charge in [-0.15, -0.1) is 0 Å². The van der Waals surface area contributed by atoms with Crippen molar-refractivity contribution in [3.8, 4) is 11.5 Å². The van der Waals surface area contributed by atoms with Gasteiger partial charge in [0, 0.05) is 19.2 Å². The van der Waals surface area contributed by atoms with Crippen LogP contribution < -0.4 is 9.47 Å². The number of nitrogens with zero attached hydrogens (tertiary/aromatic N) is 1. The predicted molar refractivity (Wildman–Crippen MR) is 103 cm³/mol. The molecule has 154 valence electrons. The minimum absolute atomic E-state index is 0.169. The van der Waals surface area contributed by atoms with Crippen LogP contribution in [0.3, 0.4) is 0 Å². The number of esters is 1. The molecule has 0 unspecified atom stereocenters. The van der Waals surface area contributed by atoms with Crippen molar-refractivity contribution in [2.75, 3.05) is 19.7 Å². The number of halogens is 2. The van der Waals surface area contributed by atoms with Gasteiger partial charge in [-0.05, 0) is 55.7 Å². The monoisotopic (exact) mass is 403 g/mol. The topological polar surface area (TPSA) is 55.8 Å². The molecule has 0 bridgehead atoms.